The average Bonchev–Trinajstić information content (AvgIpc) is 2.86. The molecule has 1 fully saturated rings. The topological polar surface area (TPSA) is 50.8 Å². The summed E-state index contributed by atoms with van der Waals surface area (Å²) in [6.45, 7) is 4.76. The Kier molecular flexibility index (Phi) is 7.63. The SMILES string of the molecule is COc1ccccc1Oc1cccc(CN2CCC(NC(=O)C(C)c3ccccc3)CC2)c1. The molecule has 0 aliphatic carbocycles. The zero-order chi connectivity index (χ0) is 23.0. The summed E-state index contributed by atoms with van der Waals surface area (Å²) in [5, 5.41) is 3.25. The van der Waals surface area contributed by atoms with E-state index >= 15 is 0 Å². The summed E-state index contributed by atoms with van der Waals surface area (Å²) in [5.74, 6) is 2.21. The highest BCUT2D eigenvalue weighted by molar-refractivity contribution is 5.83. The minimum absolute atomic E-state index is 0.112. The first kappa shape index (κ1) is 22.9. The Hall–Kier alpha value is -3.31. The minimum Gasteiger partial charge on any atom is -0.493 e. The van der Waals surface area contributed by atoms with E-state index in [0.29, 0.717) is 11.5 Å². The lowest BCUT2D eigenvalue weighted by atomic mass is 9.98. The fraction of sp³-hybridized carbons (Fsp3) is 0.321. The van der Waals surface area contributed by atoms with Gasteiger partial charge in [0.2, 0.25) is 5.91 Å². The summed E-state index contributed by atoms with van der Waals surface area (Å²) in [5.41, 5.74) is 2.27. The monoisotopic (exact) mass is 444 g/mol. The number of rotatable bonds is 8. The normalized spacial score (nSPS) is 15.6. The van der Waals surface area contributed by atoms with E-state index < -0.39 is 0 Å². The van der Waals surface area contributed by atoms with Gasteiger partial charge in [-0.2, -0.15) is 0 Å². The minimum atomic E-state index is -0.129. The quantitative estimate of drug-likeness (QED) is 0.507. The van der Waals surface area contributed by atoms with Gasteiger partial charge in [0.25, 0.3) is 0 Å². The predicted octanol–water partition coefficient (Wildman–Crippen LogP) is 5.37. The van der Waals surface area contributed by atoms with Crippen LogP contribution >= 0.6 is 0 Å². The molecular weight excluding hydrogens is 412 g/mol. The van der Waals surface area contributed by atoms with Crippen LogP contribution in [0, 0.1) is 0 Å². The van der Waals surface area contributed by atoms with Crippen LogP contribution in [0.5, 0.6) is 17.2 Å². The molecule has 3 aromatic carbocycles. The van der Waals surface area contributed by atoms with Crippen LogP contribution in [0.4, 0.5) is 0 Å². The van der Waals surface area contributed by atoms with Crippen molar-refractivity contribution in [3.8, 4) is 17.2 Å². The Morgan fingerprint density at radius 1 is 0.970 bits per heavy atom. The van der Waals surface area contributed by atoms with Crippen molar-refractivity contribution >= 4 is 5.91 Å². The van der Waals surface area contributed by atoms with Gasteiger partial charge in [0.05, 0.1) is 13.0 Å². The van der Waals surface area contributed by atoms with Crippen molar-refractivity contribution in [3.63, 3.8) is 0 Å². The van der Waals surface area contributed by atoms with E-state index in [1.165, 1.54) is 5.56 Å². The molecule has 172 valence electrons. The lowest BCUT2D eigenvalue weighted by Crippen LogP contribution is -2.45. The van der Waals surface area contributed by atoms with Gasteiger partial charge in [-0.1, -0.05) is 54.6 Å². The Labute approximate surface area is 196 Å². The Bertz CT molecular complexity index is 1050. The highest BCUT2D eigenvalue weighted by atomic mass is 16.5. The van der Waals surface area contributed by atoms with E-state index in [1.54, 1.807) is 7.11 Å². The summed E-state index contributed by atoms with van der Waals surface area (Å²) in [4.78, 5) is 15.1. The first-order valence-corrected chi connectivity index (χ1v) is 11.6. The second-order valence-electron chi connectivity index (χ2n) is 8.59. The van der Waals surface area contributed by atoms with Gasteiger partial charge in [-0.05, 0) is 55.2 Å². The lowest BCUT2D eigenvalue weighted by molar-refractivity contribution is -0.123. The van der Waals surface area contributed by atoms with Crippen LogP contribution in [0.2, 0.25) is 0 Å². The van der Waals surface area contributed by atoms with Crippen LogP contribution in [0.25, 0.3) is 0 Å². The molecule has 4 rings (SSSR count). The second kappa shape index (κ2) is 11.0. The molecule has 0 radical (unpaired) electrons. The van der Waals surface area contributed by atoms with Crippen molar-refractivity contribution in [2.75, 3.05) is 20.2 Å². The number of ether oxygens (including phenoxy) is 2. The number of nitrogens with zero attached hydrogens (tertiary/aromatic N) is 1. The molecule has 1 saturated heterocycles. The van der Waals surface area contributed by atoms with Crippen LogP contribution in [-0.2, 0) is 11.3 Å². The van der Waals surface area contributed by atoms with Gasteiger partial charge < -0.3 is 14.8 Å². The summed E-state index contributed by atoms with van der Waals surface area (Å²) in [6.07, 6.45) is 1.93. The summed E-state index contributed by atoms with van der Waals surface area (Å²) >= 11 is 0. The molecule has 1 aliphatic heterocycles. The maximum atomic E-state index is 12.7. The molecule has 1 atom stereocenters. The van der Waals surface area contributed by atoms with Gasteiger partial charge in [-0.15, -0.1) is 0 Å². The predicted molar refractivity (Wildman–Crippen MR) is 131 cm³/mol. The smallest absolute Gasteiger partial charge is 0.227 e. The first-order chi connectivity index (χ1) is 16.1. The number of carbonyl (C=O) groups is 1. The van der Waals surface area contributed by atoms with Crippen molar-refractivity contribution in [3.05, 3.63) is 90.0 Å². The number of likely N-dealkylation sites (tertiary alicyclic amines) is 1. The Balaban J connectivity index is 1.28. The molecule has 1 heterocycles. The molecule has 1 aliphatic rings. The van der Waals surface area contributed by atoms with Gasteiger partial charge in [-0.25, -0.2) is 0 Å². The van der Waals surface area contributed by atoms with E-state index in [1.807, 2.05) is 73.7 Å². The van der Waals surface area contributed by atoms with Crippen LogP contribution < -0.4 is 14.8 Å². The van der Waals surface area contributed by atoms with Crippen molar-refractivity contribution in [1.29, 1.82) is 0 Å². The molecular formula is C28H32N2O3. The number of hydrogen-bond acceptors (Lipinski definition) is 4. The fourth-order valence-corrected chi connectivity index (χ4v) is 4.25. The van der Waals surface area contributed by atoms with Crippen LogP contribution in [0.3, 0.4) is 0 Å². The fourth-order valence-electron chi connectivity index (χ4n) is 4.25. The average molecular weight is 445 g/mol. The van der Waals surface area contributed by atoms with Gasteiger partial charge >= 0.3 is 0 Å². The van der Waals surface area contributed by atoms with Crippen molar-refractivity contribution in [2.45, 2.75) is 38.3 Å². The number of nitrogens with one attached hydrogen (secondary N) is 1. The van der Waals surface area contributed by atoms with Gasteiger partial charge in [-0.3, -0.25) is 9.69 Å². The van der Waals surface area contributed by atoms with Crippen LogP contribution in [-0.4, -0.2) is 37.0 Å². The van der Waals surface area contributed by atoms with Crippen LogP contribution in [0.1, 0.15) is 36.8 Å². The van der Waals surface area contributed by atoms with Gasteiger partial charge in [0, 0.05) is 25.7 Å². The zero-order valence-corrected chi connectivity index (χ0v) is 19.4. The van der Waals surface area contributed by atoms with E-state index in [2.05, 4.69) is 22.3 Å². The van der Waals surface area contributed by atoms with E-state index in [0.717, 1.165) is 43.8 Å². The zero-order valence-electron chi connectivity index (χ0n) is 19.4. The molecule has 0 saturated carbocycles. The number of methoxy groups -OCH3 is 1. The molecule has 33 heavy (non-hydrogen) atoms. The molecule has 1 unspecified atom stereocenters. The molecule has 5 nitrogen and oxygen atoms in total. The maximum absolute atomic E-state index is 12.7. The third-order valence-corrected chi connectivity index (χ3v) is 6.23. The van der Waals surface area contributed by atoms with Gasteiger partial charge in [0.15, 0.2) is 11.5 Å². The first-order valence-electron chi connectivity index (χ1n) is 11.6. The number of carbonyl (C=O) groups excluding carboxylic acids is 1. The summed E-state index contributed by atoms with van der Waals surface area (Å²) < 4.78 is 11.4. The number of piperidine rings is 1. The third-order valence-electron chi connectivity index (χ3n) is 6.23. The number of amides is 1. The van der Waals surface area contributed by atoms with E-state index in [4.69, 9.17) is 9.47 Å². The molecule has 0 aromatic heterocycles. The number of hydrogen-bond donors (Lipinski definition) is 1. The van der Waals surface area contributed by atoms with Crippen molar-refractivity contribution < 1.29 is 14.3 Å². The second-order valence-corrected chi connectivity index (χ2v) is 8.59. The summed E-state index contributed by atoms with van der Waals surface area (Å²) in [6, 6.07) is 26.1. The van der Waals surface area contributed by atoms with Crippen LogP contribution in [0.15, 0.2) is 78.9 Å². The standard InChI is InChI=1S/C28H32N2O3/c1-21(23-10-4-3-5-11-23)28(31)29-24-15-17-30(18-16-24)20-22-9-8-12-25(19-22)33-27-14-7-6-13-26(27)32-2/h3-14,19,21,24H,15-18,20H2,1-2H3,(H,29,31). The maximum Gasteiger partial charge on any atom is 0.227 e. The highest BCUT2D eigenvalue weighted by Crippen LogP contribution is 2.31. The van der Waals surface area contributed by atoms with Gasteiger partial charge in [0.1, 0.15) is 5.75 Å². The molecule has 5 heteroatoms. The molecule has 1 N–H and O–H groups in total. The number of para-hydroxylation sites is 2. The molecule has 0 spiro atoms. The molecule has 3 aromatic rings. The van der Waals surface area contributed by atoms with Crippen molar-refractivity contribution in [2.24, 2.45) is 0 Å². The lowest BCUT2D eigenvalue weighted by Gasteiger charge is -2.33. The molecule has 0 bridgehead atoms. The van der Waals surface area contributed by atoms with E-state index in [-0.39, 0.29) is 17.9 Å². The Morgan fingerprint density at radius 3 is 2.39 bits per heavy atom. The Morgan fingerprint density at radius 2 is 1.67 bits per heavy atom. The highest BCUT2D eigenvalue weighted by Gasteiger charge is 2.23. The number of benzene rings is 3. The largest absolute Gasteiger partial charge is 0.493 e. The molecule has 1 amide bonds. The summed E-state index contributed by atoms with van der Waals surface area (Å²) in [7, 11) is 1.65. The van der Waals surface area contributed by atoms with E-state index in [9.17, 15) is 4.79 Å². The van der Waals surface area contributed by atoms with Crippen molar-refractivity contribution in [1.82, 2.24) is 10.2 Å². The third kappa shape index (κ3) is 6.14.